The summed E-state index contributed by atoms with van der Waals surface area (Å²) in [6.45, 7) is 18.3. The van der Waals surface area contributed by atoms with E-state index in [0.717, 1.165) is 9.79 Å². The first-order chi connectivity index (χ1) is 18.2. The van der Waals surface area contributed by atoms with E-state index in [9.17, 15) is 19.2 Å². The third-order valence-corrected chi connectivity index (χ3v) is 8.47. The number of hydrogen-bond donors (Lipinski definition) is 0. The number of benzene rings is 2. The Bertz CT molecular complexity index is 1150. The van der Waals surface area contributed by atoms with Gasteiger partial charge in [-0.1, -0.05) is 75.3 Å². The molecule has 0 atom stereocenters. The predicted octanol–water partition coefficient (Wildman–Crippen LogP) is 8.08. The Morgan fingerprint density at radius 2 is 0.900 bits per heavy atom. The van der Waals surface area contributed by atoms with Crippen LogP contribution in [-0.2, 0) is 19.1 Å². The van der Waals surface area contributed by atoms with Crippen molar-refractivity contribution >= 4 is 45.1 Å². The van der Waals surface area contributed by atoms with Gasteiger partial charge in [-0.25, -0.2) is 9.59 Å². The van der Waals surface area contributed by atoms with E-state index in [-0.39, 0.29) is 24.8 Å². The molecule has 0 radical (unpaired) electrons. The molecule has 0 fully saturated rings. The van der Waals surface area contributed by atoms with Crippen LogP contribution in [0.1, 0.15) is 90.0 Å². The van der Waals surface area contributed by atoms with Gasteiger partial charge in [-0.05, 0) is 64.1 Å². The normalized spacial score (nSPS) is 12.6. The molecule has 0 aromatic heterocycles. The van der Waals surface area contributed by atoms with E-state index in [1.807, 2.05) is 53.7 Å². The van der Waals surface area contributed by atoms with Gasteiger partial charge in [0.2, 0.25) is 0 Å². The van der Waals surface area contributed by atoms with Crippen LogP contribution in [0.4, 0.5) is 0 Å². The largest absolute Gasteiger partial charge is 0.461 e. The van der Waals surface area contributed by atoms with Crippen LogP contribution in [0.2, 0.25) is 0 Å². The molecule has 0 saturated carbocycles. The minimum Gasteiger partial charge on any atom is -0.461 e. The number of rotatable bonds is 11. The quantitative estimate of drug-likeness (QED) is 0.193. The molecule has 218 valence electrons. The summed E-state index contributed by atoms with van der Waals surface area (Å²) in [4.78, 5) is 52.5. The monoisotopic (exact) mass is 586 g/mol. The van der Waals surface area contributed by atoms with Crippen molar-refractivity contribution in [1.82, 2.24) is 0 Å². The Morgan fingerprint density at radius 3 is 1.20 bits per heavy atom. The molecule has 2 aromatic carbocycles. The number of ketones is 2. The molecule has 0 spiro atoms. The van der Waals surface area contributed by atoms with E-state index in [1.165, 1.54) is 21.6 Å². The lowest BCUT2D eigenvalue weighted by Gasteiger charge is -2.30. The average molecular weight is 587 g/mol. The van der Waals surface area contributed by atoms with Crippen LogP contribution in [0.5, 0.6) is 0 Å². The average Bonchev–Trinajstić information content (AvgIpc) is 2.87. The first kappa shape index (κ1) is 33.6. The molecule has 40 heavy (non-hydrogen) atoms. The Hall–Kier alpha value is -2.58. The van der Waals surface area contributed by atoms with Crippen molar-refractivity contribution in [1.29, 1.82) is 0 Å². The number of Topliss-reactive ketones (excluding diaryl/α,β-unsaturated/α-hetero) is 2. The van der Waals surface area contributed by atoms with Crippen LogP contribution >= 0.6 is 21.6 Å². The van der Waals surface area contributed by atoms with Gasteiger partial charge < -0.3 is 9.47 Å². The fourth-order valence-corrected chi connectivity index (χ4v) is 6.28. The molecular weight excluding hydrogens is 544 g/mol. The Kier molecular flexibility index (Phi) is 10.9. The zero-order valence-electron chi connectivity index (χ0n) is 25.3. The molecule has 0 aliphatic rings. The molecule has 0 saturated heterocycles. The minimum absolute atomic E-state index is 0.00149. The summed E-state index contributed by atoms with van der Waals surface area (Å²) in [6, 6.07) is 14.2. The third-order valence-electron chi connectivity index (χ3n) is 6.09. The molecule has 0 amide bonds. The van der Waals surface area contributed by atoms with Crippen LogP contribution in [0.15, 0.2) is 58.3 Å². The number of ether oxygens (including phenoxy) is 2. The number of carbonyl (C=O) groups excluding carboxylic acids is 4. The molecule has 0 N–H and O–H groups in total. The highest BCUT2D eigenvalue weighted by Crippen LogP contribution is 2.38. The molecule has 8 heteroatoms. The van der Waals surface area contributed by atoms with Crippen molar-refractivity contribution in [2.24, 2.45) is 21.7 Å². The standard InChI is InChI=1S/C32H42O6S2/c1-29(2,3)27(35)31(7,8)19-37-25(33)21-13-11-15-23(17-21)39-40-24-16-12-14-22(18-24)26(34)38-20-32(9,10)28(36)30(4,5)6/h11-18H,19-20H2,1-10H3. The first-order valence-electron chi connectivity index (χ1n) is 13.2. The first-order valence-corrected chi connectivity index (χ1v) is 15.4. The Labute approximate surface area is 246 Å². The Balaban J connectivity index is 2.00. The fraction of sp³-hybridized carbons (Fsp3) is 0.500. The van der Waals surface area contributed by atoms with Gasteiger partial charge in [0, 0.05) is 20.6 Å². The van der Waals surface area contributed by atoms with Crippen LogP contribution in [0.3, 0.4) is 0 Å². The highest BCUT2D eigenvalue weighted by Gasteiger charge is 2.38. The van der Waals surface area contributed by atoms with Crippen LogP contribution < -0.4 is 0 Å². The van der Waals surface area contributed by atoms with Crippen molar-refractivity contribution in [3.05, 3.63) is 59.7 Å². The SMILES string of the molecule is CC(C)(C)C(=O)C(C)(C)COC(=O)c1cccc(SSc2cccc(C(=O)OCC(C)(C)C(=O)C(C)(C)C)c2)c1. The van der Waals surface area contributed by atoms with E-state index in [1.54, 1.807) is 64.1 Å². The second-order valence-corrected chi connectivity index (χ2v) is 15.6. The highest BCUT2D eigenvalue weighted by molar-refractivity contribution is 8.76. The van der Waals surface area contributed by atoms with Gasteiger partial charge in [0.25, 0.3) is 0 Å². The maximum Gasteiger partial charge on any atom is 0.338 e. The smallest absolute Gasteiger partial charge is 0.338 e. The van der Waals surface area contributed by atoms with Crippen molar-refractivity contribution < 1.29 is 28.7 Å². The summed E-state index contributed by atoms with van der Waals surface area (Å²) < 4.78 is 11.0. The lowest BCUT2D eigenvalue weighted by Crippen LogP contribution is -2.38. The number of hydrogen-bond acceptors (Lipinski definition) is 8. The van der Waals surface area contributed by atoms with E-state index in [2.05, 4.69) is 0 Å². The summed E-state index contributed by atoms with van der Waals surface area (Å²) >= 11 is 0. The Morgan fingerprint density at radius 1 is 0.575 bits per heavy atom. The maximum atomic E-state index is 12.7. The highest BCUT2D eigenvalue weighted by atomic mass is 33.1. The third kappa shape index (κ3) is 9.51. The predicted molar refractivity (Wildman–Crippen MR) is 162 cm³/mol. The van der Waals surface area contributed by atoms with Gasteiger partial charge in [0.15, 0.2) is 0 Å². The van der Waals surface area contributed by atoms with E-state index in [4.69, 9.17) is 9.47 Å². The second kappa shape index (κ2) is 12.9. The van der Waals surface area contributed by atoms with Crippen molar-refractivity contribution in [3.63, 3.8) is 0 Å². The van der Waals surface area contributed by atoms with Gasteiger partial charge >= 0.3 is 11.9 Å². The number of esters is 2. The number of carbonyl (C=O) groups is 4. The van der Waals surface area contributed by atoms with Crippen LogP contribution in [0, 0.1) is 21.7 Å². The molecule has 0 aliphatic heterocycles. The van der Waals surface area contributed by atoms with Gasteiger partial charge in [-0.15, -0.1) is 0 Å². The summed E-state index contributed by atoms with van der Waals surface area (Å²) in [7, 11) is 2.88. The summed E-state index contributed by atoms with van der Waals surface area (Å²) in [5, 5.41) is 0. The summed E-state index contributed by atoms with van der Waals surface area (Å²) in [5.41, 5.74) is -1.84. The van der Waals surface area contributed by atoms with E-state index >= 15 is 0 Å². The van der Waals surface area contributed by atoms with Gasteiger partial charge in [0.05, 0.1) is 22.0 Å². The lowest BCUT2D eigenvalue weighted by molar-refractivity contribution is -0.137. The molecule has 6 nitrogen and oxygen atoms in total. The summed E-state index contributed by atoms with van der Waals surface area (Å²) in [6.07, 6.45) is 0. The van der Waals surface area contributed by atoms with Gasteiger partial charge in [-0.2, -0.15) is 0 Å². The molecule has 0 heterocycles. The van der Waals surface area contributed by atoms with Crippen LogP contribution in [-0.4, -0.2) is 36.7 Å². The lowest BCUT2D eigenvalue weighted by atomic mass is 9.75. The van der Waals surface area contributed by atoms with E-state index < -0.39 is 33.6 Å². The molecule has 0 aliphatic carbocycles. The van der Waals surface area contributed by atoms with Crippen molar-refractivity contribution in [2.75, 3.05) is 13.2 Å². The molecule has 0 unspecified atom stereocenters. The zero-order valence-corrected chi connectivity index (χ0v) is 26.9. The second-order valence-electron chi connectivity index (χ2n) is 13.3. The molecule has 0 bridgehead atoms. The van der Waals surface area contributed by atoms with Crippen molar-refractivity contribution in [2.45, 2.75) is 79.0 Å². The fourth-order valence-electron chi connectivity index (χ4n) is 4.27. The zero-order chi connectivity index (χ0) is 30.5. The topological polar surface area (TPSA) is 86.7 Å². The molecule has 2 aromatic rings. The minimum atomic E-state index is -0.792. The van der Waals surface area contributed by atoms with Gasteiger partial charge in [-0.3, -0.25) is 9.59 Å². The molecular formula is C32H42O6S2. The molecule has 2 rings (SSSR count). The van der Waals surface area contributed by atoms with Crippen LogP contribution in [0.25, 0.3) is 0 Å². The van der Waals surface area contributed by atoms with Crippen molar-refractivity contribution in [3.8, 4) is 0 Å². The van der Waals surface area contributed by atoms with Gasteiger partial charge in [0.1, 0.15) is 24.8 Å². The summed E-state index contributed by atoms with van der Waals surface area (Å²) in [5.74, 6) is -0.914. The van der Waals surface area contributed by atoms with E-state index in [0.29, 0.717) is 11.1 Å². The maximum absolute atomic E-state index is 12.7.